The molecular weight excluding hydrogens is 360 g/mol. The number of aromatic nitrogens is 3. The Labute approximate surface area is 163 Å². The van der Waals surface area contributed by atoms with Crippen LogP contribution < -0.4 is 10.5 Å². The van der Waals surface area contributed by atoms with E-state index in [4.69, 9.17) is 11.6 Å². The molecule has 1 atom stereocenters. The fourth-order valence-electron chi connectivity index (χ4n) is 3.59. The number of nitrogens with one attached hydrogen (secondary N) is 1. The van der Waals surface area contributed by atoms with Crippen LogP contribution in [0.3, 0.4) is 0 Å². The molecule has 1 N–H and O–H groups in total. The SMILES string of the molecule is CCc1cc(=O)[nH]c(-c2ccc(N3CCCC3c3ccc(Cl)cc3)nc2)n1. The van der Waals surface area contributed by atoms with Gasteiger partial charge in [0, 0.05) is 35.1 Å². The van der Waals surface area contributed by atoms with E-state index in [-0.39, 0.29) is 5.56 Å². The molecule has 1 unspecified atom stereocenters. The molecule has 4 rings (SSSR count). The molecule has 1 aromatic carbocycles. The Balaban J connectivity index is 1.61. The van der Waals surface area contributed by atoms with Gasteiger partial charge in [-0.1, -0.05) is 30.7 Å². The summed E-state index contributed by atoms with van der Waals surface area (Å²) in [5.74, 6) is 1.50. The summed E-state index contributed by atoms with van der Waals surface area (Å²) in [5.41, 5.74) is 2.71. The molecule has 1 aliphatic rings. The molecule has 3 aromatic rings. The van der Waals surface area contributed by atoms with Gasteiger partial charge < -0.3 is 9.88 Å². The standard InChI is InChI=1S/C21H21ClN4O/c1-2-17-12-20(27)25-21(24-17)15-7-10-19(23-13-15)26-11-3-4-18(26)14-5-8-16(22)9-6-14/h5-10,12-13,18H,2-4,11H2,1H3,(H,24,25,27). The minimum absolute atomic E-state index is 0.136. The zero-order valence-corrected chi connectivity index (χ0v) is 15.9. The van der Waals surface area contributed by atoms with Crippen LogP contribution in [0.25, 0.3) is 11.4 Å². The summed E-state index contributed by atoms with van der Waals surface area (Å²) in [5, 5.41) is 0.751. The van der Waals surface area contributed by atoms with E-state index in [1.54, 1.807) is 6.20 Å². The van der Waals surface area contributed by atoms with Crippen LogP contribution in [0.1, 0.15) is 37.1 Å². The van der Waals surface area contributed by atoms with Gasteiger partial charge in [-0.3, -0.25) is 4.79 Å². The second kappa shape index (κ2) is 7.53. The molecule has 1 aliphatic heterocycles. The minimum Gasteiger partial charge on any atom is -0.350 e. The Morgan fingerprint density at radius 1 is 1.22 bits per heavy atom. The third-order valence-electron chi connectivity index (χ3n) is 4.98. The number of anilines is 1. The lowest BCUT2D eigenvalue weighted by Gasteiger charge is -2.26. The Bertz CT molecular complexity index is 982. The Morgan fingerprint density at radius 2 is 2.04 bits per heavy atom. The average molecular weight is 381 g/mol. The van der Waals surface area contributed by atoms with Gasteiger partial charge >= 0.3 is 0 Å². The Hall–Kier alpha value is -2.66. The van der Waals surface area contributed by atoms with E-state index in [9.17, 15) is 4.79 Å². The van der Waals surface area contributed by atoms with E-state index in [1.165, 1.54) is 11.6 Å². The number of nitrogens with zero attached hydrogens (tertiary/aromatic N) is 3. The van der Waals surface area contributed by atoms with Crippen molar-refractivity contribution in [2.24, 2.45) is 0 Å². The summed E-state index contributed by atoms with van der Waals surface area (Å²) in [6.45, 7) is 2.96. The predicted molar refractivity (Wildman–Crippen MR) is 108 cm³/mol. The zero-order chi connectivity index (χ0) is 18.8. The number of H-pyrrole nitrogens is 1. The van der Waals surface area contributed by atoms with Crippen molar-refractivity contribution >= 4 is 17.4 Å². The van der Waals surface area contributed by atoms with Crippen LogP contribution >= 0.6 is 11.6 Å². The number of hydrogen-bond donors (Lipinski definition) is 1. The van der Waals surface area contributed by atoms with Crippen molar-refractivity contribution in [3.63, 3.8) is 0 Å². The number of benzene rings is 1. The second-order valence-electron chi connectivity index (χ2n) is 6.75. The van der Waals surface area contributed by atoms with Gasteiger partial charge in [0.15, 0.2) is 0 Å². The van der Waals surface area contributed by atoms with Crippen molar-refractivity contribution < 1.29 is 0 Å². The van der Waals surface area contributed by atoms with Crippen LogP contribution in [0.4, 0.5) is 5.82 Å². The lowest BCUT2D eigenvalue weighted by Crippen LogP contribution is -2.23. The summed E-state index contributed by atoms with van der Waals surface area (Å²) in [4.78, 5) is 26.1. The van der Waals surface area contributed by atoms with E-state index in [1.807, 2.05) is 31.2 Å². The maximum absolute atomic E-state index is 11.8. The number of hydrogen-bond acceptors (Lipinski definition) is 4. The van der Waals surface area contributed by atoms with Crippen LogP contribution in [0, 0.1) is 0 Å². The topological polar surface area (TPSA) is 61.9 Å². The minimum atomic E-state index is -0.136. The van der Waals surface area contributed by atoms with Crippen LogP contribution in [0.15, 0.2) is 53.5 Å². The van der Waals surface area contributed by atoms with Crippen LogP contribution in [-0.4, -0.2) is 21.5 Å². The zero-order valence-electron chi connectivity index (χ0n) is 15.2. The molecule has 5 nitrogen and oxygen atoms in total. The molecule has 3 heterocycles. The van der Waals surface area contributed by atoms with Gasteiger partial charge in [0.2, 0.25) is 0 Å². The number of halogens is 1. The molecule has 0 radical (unpaired) electrons. The number of pyridine rings is 1. The molecule has 0 bridgehead atoms. The van der Waals surface area contributed by atoms with Gasteiger partial charge in [-0.2, -0.15) is 0 Å². The summed E-state index contributed by atoms with van der Waals surface area (Å²) in [6.07, 6.45) is 4.73. The molecular formula is C21H21ClN4O. The third kappa shape index (κ3) is 3.74. The van der Waals surface area contributed by atoms with Gasteiger partial charge in [0.05, 0.1) is 6.04 Å². The normalized spacial score (nSPS) is 16.7. The van der Waals surface area contributed by atoms with E-state index < -0.39 is 0 Å². The maximum Gasteiger partial charge on any atom is 0.251 e. The molecule has 1 saturated heterocycles. The quantitative estimate of drug-likeness (QED) is 0.729. The first kappa shape index (κ1) is 17.7. The summed E-state index contributed by atoms with van der Waals surface area (Å²) in [6, 6.07) is 13.9. The average Bonchev–Trinajstić information content (AvgIpc) is 3.18. The highest BCUT2D eigenvalue weighted by atomic mass is 35.5. The molecule has 0 aliphatic carbocycles. The molecule has 138 valence electrons. The third-order valence-corrected chi connectivity index (χ3v) is 5.23. The summed E-state index contributed by atoms with van der Waals surface area (Å²) < 4.78 is 0. The van der Waals surface area contributed by atoms with Gasteiger partial charge in [0.25, 0.3) is 5.56 Å². The highest BCUT2D eigenvalue weighted by molar-refractivity contribution is 6.30. The number of aromatic amines is 1. The van der Waals surface area contributed by atoms with Gasteiger partial charge in [-0.05, 0) is 49.1 Å². The van der Waals surface area contributed by atoms with Crippen molar-refractivity contribution in [2.45, 2.75) is 32.2 Å². The van der Waals surface area contributed by atoms with Crippen LogP contribution in [0.5, 0.6) is 0 Å². The van der Waals surface area contributed by atoms with Crippen LogP contribution in [-0.2, 0) is 6.42 Å². The lowest BCUT2D eigenvalue weighted by atomic mass is 10.0. The molecule has 0 saturated carbocycles. The molecule has 27 heavy (non-hydrogen) atoms. The largest absolute Gasteiger partial charge is 0.350 e. The van der Waals surface area contributed by atoms with Gasteiger partial charge in [0.1, 0.15) is 11.6 Å². The van der Waals surface area contributed by atoms with E-state index >= 15 is 0 Å². The summed E-state index contributed by atoms with van der Waals surface area (Å²) in [7, 11) is 0. The van der Waals surface area contributed by atoms with Crippen molar-refractivity contribution in [2.75, 3.05) is 11.4 Å². The maximum atomic E-state index is 11.8. The van der Waals surface area contributed by atoms with Crippen molar-refractivity contribution in [3.05, 3.63) is 75.3 Å². The van der Waals surface area contributed by atoms with Crippen molar-refractivity contribution in [3.8, 4) is 11.4 Å². The van der Waals surface area contributed by atoms with Gasteiger partial charge in [-0.25, -0.2) is 9.97 Å². The highest BCUT2D eigenvalue weighted by Gasteiger charge is 2.27. The number of rotatable bonds is 4. The molecule has 2 aromatic heterocycles. The van der Waals surface area contributed by atoms with E-state index in [0.29, 0.717) is 11.9 Å². The monoisotopic (exact) mass is 380 g/mol. The molecule has 6 heteroatoms. The summed E-state index contributed by atoms with van der Waals surface area (Å²) >= 11 is 6.02. The first-order valence-electron chi connectivity index (χ1n) is 9.23. The van der Waals surface area contributed by atoms with Crippen LogP contribution in [0.2, 0.25) is 5.02 Å². The second-order valence-corrected chi connectivity index (χ2v) is 7.18. The number of aryl methyl sites for hydroxylation is 1. The fourth-order valence-corrected chi connectivity index (χ4v) is 3.72. The predicted octanol–water partition coefficient (Wildman–Crippen LogP) is 4.39. The Kier molecular flexibility index (Phi) is 4.94. The smallest absolute Gasteiger partial charge is 0.251 e. The highest BCUT2D eigenvalue weighted by Crippen LogP contribution is 2.35. The van der Waals surface area contributed by atoms with E-state index in [0.717, 1.165) is 47.9 Å². The van der Waals surface area contributed by atoms with Crippen molar-refractivity contribution in [1.82, 2.24) is 15.0 Å². The molecule has 0 spiro atoms. The lowest BCUT2D eigenvalue weighted by molar-refractivity contribution is 0.712. The fraction of sp³-hybridized carbons (Fsp3) is 0.286. The molecule has 1 fully saturated rings. The Morgan fingerprint density at radius 3 is 2.74 bits per heavy atom. The molecule has 0 amide bonds. The first-order chi connectivity index (χ1) is 13.1. The first-order valence-corrected chi connectivity index (χ1v) is 9.60. The van der Waals surface area contributed by atoms with Crippen molar-refractivity contribution in [1.29, 1.82) is 0 Å². The van der Waals surface area contributed by atoms with Gasteiger partial charge in [-0.15, -0.1) is 0 Å². The van der Waals surface area contributed by atoms with E-state index in [2.05, 4.69) is 32.0 Å².